The van der Waals surface area contributed by atoms with E-state index in [4.69, 9.17) is 0 Å². The highest BCUT2D eigenvalue weighted by atomic mass is 19.1. The van der Waals surface area contributed by atoms with Crippen LogP contribution in [0.2, 0.25) is 0 Å². The molecule has 0 amide bonds. The second-order valence-corrected chi connectivity index (χ2v) is 7.22. The largest absolute Gasteiger partial charge is 0.290 e. The van der Waals surface area contributed by atoms with E-state index in [1.165, 1.54) is 17.7 Å². The Hall–Kier alpha value is -2.27. The first kappa shape index (κ1) is 16.2. The minimum atomic E-state index is -0.726. The van der Waals surface area contributed by atoms with Crippen LogP contribution in [0.3, 0.4) is 0 Å². The maximum Gasteiger partial charge on any atom is 0.239 e. The summed E-state index contributed by atoms with van der Waals surface area (Å²) in [4.78, 5) is 14.3. The first-order valence-corrected chi connectivity index (χ1v) is 8.77. The fourth-order valence-electron chi connectivity index (χ4n) is 4.73. The lowest BCUT2D eigenvalue weighted by Gasteiger charge is -2.47. The van der Waals surface area contributed by atoms with Gasteiger partial charge in [0.25, 0.3) is 0 Å². The molecule has 4 atom stereocenters. The molecule has 2 aliphatic heterocycles. The highest BCUT2D eigenvalue weighted by Crippen LogP contribution is 2.46. The first-order chi connectivity index (χ1) is 12.1. The fourth-order valence-corrected chi connectivity index (χ4v) is 4.73. The molecule has 0 bridgehead atoms. The molecule has 2 aromatic rings. The van der Waals surface area contributed by atoms with E-state index in [1.807, 2.05) is 18.2 Å². The van der Waals surface area contributed by atoms with Crippen LogP contribution < -0.4 is 0 Å². The molecule has 2 aromatic carbocycles. The van der Waals surface area contributed by atoms with E-state index in [0.29, 0.717) is 0 Å². The number of hydrogen-bond donors (Lipinski definition) is 0. The zero-order valence-corrected chi connectivity index (χ0v) is 14.1. The first-order valence-electron chi connectivity index (χ1n) is 8.77. The highest BCUT2D eigenvalue weighted by molar-refractivity contribution is 5.36. The van der Waals surface area contributed by atoms with E-state index in [1.54, 1.807) is 12.1 Å². The Labute approximate surface area is 146 Å². The molecule has 0 radical (unpaired) electrons. The SMILES string of the molecule is C[C@H]1CN2CCc3ccccc3[C@@H]2[C@@H]([N+](=O)[O-])[C@@H]1c1ccc(F)cc1. The quantitative estimate of drug-likeness (QED) is 0.617. The van der Waals surface area contributed by atoms with Gasteiger partial charge in [0, 0.05) is 18.0 Å². The molecule has 130 valence electrons. The number of nitro groups is 1. The van der Waals surface area contributed by atoms with Gasteiger partial charge in [-0.05, 0) is 41.2 Å². The minimum Gasteiger partial charge on any atom is -0.290 e. The lowest BCUT2D eigenvalue weighted by Crippen LogP contribution is -2.54. The molecule has 0 aromatic heterocycles. The van der Waals surface area contributed by atoms with E-state index in [-0.39, 0.29) is 28.6 Å². The number of benzene rings is 2. The van der Waals surface area contributed by atoms with Crippen molar-refractivity contribution in [2.45, 2.75) is 31.3 Å². The van der Waals surface area contributed by atoms with Crippen LogP contribution in [0, 0.1) is 21.8 Å². The number of fused-ring (bicyclic) bond motifs is 3. The van der Waals surface area contributed by atoms with Crippen molar-refractivity contribution in [3.63, 3.8) is 0 Å². The molecule has 0 spiro atoms. The zero-order valence-electron chi connectivity index (χ0n) is 14.1. The molecule has 5 heteroatoms. The Morgan fingerprint density at radius 3 is 2.60 bits per heavy atom. The van der Waals surface area contributed by atoms with E-state index in [2.05, 4.69) is 17.9 Å². The number of piperidine rings is 1. The van der Waals surface area contributed by atoms with Crippen LogP contribution in [0.4, 0.5) is 4.39 Å². The van der Waals surface area contributed by atoms with Gasteiger partial charge in [-0.25, -0.2) is 4.39 Å². The lowest BCUT2D eigenvalue weighted by molar-refractivity contribution is -0.542. The third-order valence-corrected chi connectivity index (χ3v) is 5.76. The van der Waals surface area contributed by atoms with Gasteiger partial charge in [0.15, 0.2) is 0 Å². The molecule has 0 aliphatic carbocycles. The molecule has 4 rings (SSSR count). The van der Waals surface area contributed by atoms with Crippen LogP contribution >= 0.6 is 0 Å². The molecule has 2 heterocycles. The van der Waals surface area contributed by atoms with Gasteiger partial charge in [-0.2, -0.15) is 0 Å². The molecule has 0 N–H and O–H groups in total. The molecule has 2 aliphatic rings. The fraction of sp³-hybridized carbons (Fsp3) is 0.400. The van der Waals surface area contributed by atoms with Crippen LogP contribution in [0.5, 0.6) is 0 Å². The van der Waals surface area contributed by atoms with Crippen molar-refractivity contribution in [3.05, 3.63) is 81.2 Å². The summed E-state index contributed by atoms with van der Waals surface area (Å²) in [6.07, 6.45) is 0.936. The average molecular weight is 340 g/mol. The van der Waals surface area contributed by atoms with Gasteiger partial charge in [-0.15, -0.1) is 0 Å². The highest BCUT2D eigenvalue weighted by Gasteiger charge is 2.51. The Kier molecular flexibility index (Phi) is 4.04. The molecular weight excluding hydrogens is 319 g/mol. The summed E-state index contributed by atoms with van der Waals surface area (Å²) >= 11 is 0. The smallest absolute Gasteiger partial charge is 0.239 e. The number of rotatable bonds is 2. The van der Waals surface area contributed by atoms with Gasteiger partial charge >= 0.3 is 0 Å². The molecule has 4 nitrogen and oxygen atoms in total. The Morgan fingerprint density at radius 2 is 1.88 bits per heavy atom. The molecule has 0 unspecified atom stereocenters. The number of halogens is 1. The molecule has 0 saturated carbocycles. The maximum atomic E-state index is 13.3. The normalized spacial score (nSPS) is 28.9. The van der Waals surface area contributed by atoms with E-state index in [9.17, 15) is 14.5 Å². The van der Waals surface area contributed by atoms with Crippen molar-refractivity contribution >= 4 is 0 Å². The van der Waals surface area contributed by atoms with Crippen LogP contribution in [0.1, 0.15) is 35.6 Å². The van der Waals surface area contributed by atoms with Crippen LogP contribution in [-0.2, 0) is 6.42 Å². The van der Waals surface area contributed by atoms with Crippen LogP contribution in [0.25, 0.3) is 0 Å². The summed E-state index contributed by atoms with van der Waals surface area (Å²) in [5, 5.41) is 12.1. The van der Waals surface area contributed by atoms with Crippen molar-refractivity contribution in [1.29, 1.82) is 0 Å². The molecule has 1 fully saturated rings. The summed E-state index contributed by atoms with van der Waals surface area (Å²) in [7, 11) is 0. The van der Waals surface area contributed by atoms with Gasteiger partial charge < -0.3 is 0 Å². The third-order valence-electron chi connectivity index (χ3n) is 5.76. The minimum absolute atomic E-state index is 0.122. The van der Waals surface area contributed by atoms with E-state index < -0.39 is 6.04 Å². The van der Waals surface area contributed by atoms with Gasteiger partial charge in [-0.3, -0.25) is 15.0 Å². The van der Waals surface area contributed by atoms with Crippen molar-refractivity contribution in [2.24, 2.45) is 5.92 Å². The zero-order chi connectivity index (χ0) is 17.6. The monoisotopic (exact) mass is 340 g/mol. The summed E-state index contributed by atoms with van der Waals surface area (Å²) in [5.41, 5.74) is 3.15. The van der Waals surface area contributed by atoms with Gasteiger partial charge in [0.05, 0.1) is 5.92 Å². The van der Waals surface area contributed by atoms with Gasteiger partial charge in [0.2, 0.25) is 6.04 Å². The Morgan fingerprint density at radius 1 is 1.16 bits per heavy atom. The predicted molar refractivity (Wildman–Crippen MR) is 93.5 cm³/mol. The summed E-state index contributed by atoms with van der Waals surface area (Å²) in [6, 6.07) is 13.3. The van der Waals surface area contributed by atoms with Gasteiger partial charge in [0.1, 0.15) is 11.9 Å². The maximum absolute atomic E-state index is 13.3. The summed E-state index contributed by atoms with van der Waals surface area (Å²) in [5.74, 6) is -0.389. The topological polar surface area (TPSA) is 46.4 Å². The van der Waals surface area contributed by atoms with Crippen molar-refractivity contribution < 1.29 is 9.31 Å². The van der Waals surface area contributed by atoms with E-state index in [0.717, 1.165) is 30.6 Å². The second kappa shape index (κ2) is 6.23. The van der Waals surface area contributed by atoms with Crippen LogP contribution in [-0.4, -0.2) is 29.0 Å². The Balaban J connectivity index is 1.81. The standard InChI is InChI=1S/C20H21FN2O2/c1-13-12-22-11-10-14-4-2-3-5-17(14)19(22)20(23(24)25)18(13)15-6-8-16(21)9-7-15/h2-9,13,18-20H,10-12H2,1H3/t13-,18-,19+,20-/m0/s1. The molecule has 1 saturated heterocycles. The number of nitrogens with zero attached hydrogens (tertiary/aromatic N) is 2. The summed E-state index contributed by atoms with van der Waals surface area (Å²) in [6.45, 7) is 3.75. The number of hydrogen-bond acceptors (Lipinski definition) is 3. The lowest BCUT2D eigenvalue weighted by atomic mass is 9.71. The molecular formula is C20H21FN2O2. The van der Waals surface area contributed by atoms with E-state index >= 15 is 0 Å². The average Bonchev–Trinajstić information content (AvgIpc) is 2.61. The predicted octanol–water partition coefficient (Wildman–Crippen LogP) is 3.80. The Bertz CT molecular complexity index is 793. The van der Waals surface area contributed by atoms with Crippen molar-refractivity contribution in [1.82, 2.24) is 4.90 Å². The second-order valence-electron chi connectivity index (χ2n) is 7.22. The van der Waals surface area contributed by atoms with Crippen molar-refractivity contribution in [3.8, 4) is 0 Å². The molecule has 25 heavy (non-hydrogen) atoms. The third kappa shape index (κ3) is 2.72. The summed E-state index contributed by atoms with van der Waals surface area (Å²) < 4.78 is 13.3. The van der Waals surface area contributed by atoms with Crippen molar-refractivity contribution in [2.75, 3.05) is 13.1 Å². The van der Waals surface area contributed by atoms with Gasteiger partial charge in [-0.1, -0.05) is 43.3 Å². The van der Waals surface area contributed by atoms with Crippen LogP contribution in [0.15, 0.2) is 48.5 Å².